The fourth-order valence-corrected chi connectivity index (χ4v) is 2.85. The molecule has 1 heterocycles. The second-order valence-corrected chi connectivity index (χ2v) is 5.58. The molecule has 2 fully saturated rings. The SMILES string of the molecule is CC1CCC2(CC1)NC(=O)N(CCCCO)C2=O. The lowest BCUT2D eigenvalue weighted by molar-refractivity contribution is -0.132. The largest absolute Gasteiger partial charge is 0.396 e. The molecule has 0 aromatic rings. The predicted molar refractivity (Wildman–Crippen MR) is 66.9 cm³/mol. The van der Waals surface area contributed by atoms with Gasteiger partial charge < -0.3 is 10.4 Å². The summed E-state index contributed by atoms with van der Waals surface area (Å²) in [6.45, 7) is 2.71. The number of unbranched alkanes of at least 4 members (excludes halogenated alkanes) is 1. The maximum atomic E-state index is 12.4. The minimum absolute atomic E-state index is 0.0580. The Morgan fingerprint density at radius 2 is 2.00 bits per heavy atom. The fourth-order valence-electron chi connectivity index (χ4n) is 2.85. The van der Waals surface area contributed by atoms with Crippen molar-refractivity contribution in [2.24, 2.45) is 5.92 Å². The number of nitrogens with zero attached hydrogens (tertiary/aromatic N) is 1. The van der Waals surface area contributed by atoms with Crippen LogP contribution in [0.15, 0.2) is 0 Å². The van der Waals surface area contributed by atoms with Gasteiger partial charge in [0, 0.05) is 13.2 Å². The molecule has 2 N–H and O–H groups in total. The summed E-state index contributed by atoms with van der Waals surface area (Å²) in [5, 5.41) is 11.6. The van der Waals surface area contributed by atoms with Crippen LogP contribution >= 0.6 is 0 Å². The van der Waals surface area contributed by atoms with E-state index in [0.717, 1.165) is 25.7 Å². The van der Waals surface area contributed by atoms with E-state index in [1.807, 2.05) is 0 Å². The number of amides is 3. The van der Waals surface area contributed by atoms with E-state index in [4.69, 9.17) is 5.11 Å². The van der Waals surface area contributed by atoms with E-state index < -0.39 is 5.54 Å². The number of carbonyl (C=O) groups is 2. The van der Waals surface area contributed by atoms with Crippen molar-refractivity contribution in [3.8, 4) is 0 Å². The van der Waals surface area contributed by atoms with Gasteiger partial charge in [0.25, 0.3) is 5.91 Å². The maximum Gasteiger partial charge on any atom is 0.325 e. The first-order chi connectivity index (χ1) is 8.59. The molecule has 0 unspecified atom stereocenters. The minimum atomic E-state index is -0.622. The van der Waals surface area contributed by atoms with Gasteiger partial charge in [-0.15, -0.1) is 0 Å². The molecule has 0 aromatic carbocycles. The van der Waals surface area contributed by atoms with Gasteiger partial charge in [-0.05, 0) is 44.4 Å². The Bertz CT molecular complexity index is 335. The Labute approximate surface area is 108 Å². The zero-order valence-corrected chi connectivity index (χ0v) is 10.9. The lowest BCUT2D eigenvalue weighted by atomic mass is 9.77. The summed E-state index contributed by atoms with van der Waals surface area (Å²) in [6, 6.07) is -0.257. The number of urea groups is 1. The van der Waals surface area contributed by atoms with Crippen LogP contribution in [0.25, 0.3) is 0 Å². The summed E-state index contributed by atoms with van der Waals surface area (Å²) in [6.07, 6.45) is 4.81. The average molecular weight is 254 g/mol. The first kappa shape index (κ1) is 13.3. The average Bonchev–Trinajstić information content (AvgIpc) is 2.58. The molecule has 1 saturated carbocycles. The smallest absolute Gasteiger partial charge is 0.325 e. The van der Waals surface area contributed by atoms with Crippen LogP contribution in [0.2, 0.25) is 0 Å². The molecular weight excluding hydrogens is 232 g/mol. The van der Waals surface area contributed by atoms with Crippen molar-refractivity contribution in [2.45, 2.75) is 51.0 Å². The number of rotatable bonds is 4. The summed E-state index contributed by atoms with van der Waals surface area (Å²) >= 11 is 0. The molecule has 102 valence electrons. The Morgan fingerprint density at radius 3 is 2.61 bits per heavy atom. The molecule has 3 amide bonds. The van der Waals surface area contributed by atoms with E-state index in [1.54, 1.807) is 0 Å². The van der Waals surface area contributed by atoms with E-state index in [1.165, 1.54) is 4.90 Å². The number of hydrogen-bond donors (Lipinski definition) is 2. The van der Waals surface area contributed by atoms with Gasteiger partial charge >= 0.3 is 6.03 Å². The first-order valence-corrected chi connectivity index (χ1v) is 6.84. The number of hydrogen-bond acceptors (Lipinski definition) is 3. The highest BCUT2D eigenvalue weighted by atomic mass is 16.3. The number of aliphatic hydroxyl groups is 1. The minimum Gasteiger partial charge on any atom is -0.396 e. The van der Waals surface area contributed by atoms with Crippen LogP contribution in [0.3, 0.4) is 0 Å². The molecule has 1 aliphatic carbocycles. The van der Waals surface area contributed by atoms with Crippen LogP contribution in [-0.4, -0.2) is 40.6 Å². The zero-order chi connectivity index (χ0) is 13.2. The van der Waals surface area contributed by atoms with Crippen LogP contribution in [0.5, 0.6) is 0 Å². The molecule has 0 atom stereocenters. The normalized spacial score (nSPS) is 32.1. The number of aliphatic hydroxyl groups excluding tert-OH is 1. The highest BCUT2D eigenvalue weighted by molar-refractivity contribution is 6.07. The van der Waals surface area contributed by atoms with Gasteiger partial charge in [0.1, 0.15) is 5.54 Å². The van der Waals surface area contributed by atoms with Gasteiger partial charge in [0.05, 0.1) is 0 Å². The predicted octanol–water partition coefficient (Wildman–Crippen LogP) is 1.26. The van der Waals surface area contributed by atoms with Crippen LogP contribution in [-0.2, 0) is 4.79 Å². The number of nitrogens with one attached hydrogen (secondary N) is 1. The van der Waals surface area contributed by atoms with Crippen LogP contribution in [0, 0.1) is 5.92 Å². The van der Waals surface area contributed by atoms with E-state index in [2.05, 4.69) is 12.2 Å². The third-order valence-corrected chi connectivity index (χ3v) is 4.16. The van der Waals surface area contributed by atoms with Crippen molar-refractivity contribution in [1.29, 1.82) is 0 Å². The van der Waals surface area contributed by atoms with Crippen molar-refractivity contribution in [3.63, 3.8) is 0 Å². The summed E-state index contributed by atoms with van der Waals surface area (Å²) in [5.74, 6) is 0.584. The molecule has 2 rings (SSSR count). The quantitative estimate of drug-likeness (QED) is 0.586. The Kier molecular flexibility index (Phi) is 3.90. The lowest BCUT2D eigenvalue weighted by Gasteiger charge is -2.33. The van der Waals surface area contributed by atoms with Gasteiger partial charge in [-0.2, -0.15) is 0 Å². The molecule has 2 aliphatic rings. The molecule has 5 nitrogen and oxygen atoms in total. The highest BCUT2D eigenvalue weighted by Crippen LogP contribution is 2.36. The monoisotopic (exact) mass is 254 g/mol. The Morgan fingerprint density at radius 1 is 1.33 bits per heavy atom. The van der Waals surface area contributed by atoms with E-state index in [-0.39, 0.29) is 18.5 Å². The third kappa shape index (κ3) is 2.36. The first-order valence-electron chi connectivity index (χ1n) is 6.84. The van der Waals surface area contributed by atoms with E-state index >= 15 is 0 Å². The van der Waals surface area contributed by atoms with E-state index in [0.29, 0.717) is 25.3 Å². The van der Waals surface area contributed by atoms with Crippen LogP contribution in [0.1, 0.15) is 45.4 Å². The molecule has 18 heavy (non-hydrogen) atoms. The van der Waals surface area contributed by atoms with Crippen molar-refractivity contribution in [1.82, 2.24) is 10.2 Å². The van der Waals surface area contributed by atoms with Gasteiger partial charge in [0.15, 0.2) is 0 Å². The summed E-state index contributed by atoms with van der Waals surface area (Å²) in [5.41, 5.74) is -0.622. The van der Waals surface area contributed by atoms with Crippen LogP contribution < -0.4 is 5.32 Å². The van der Waals surface area contributed by atoms with Gasteiger partial charge in [-0.3, -0.25) is 9.69 Å². The fraction of sp³-hybridized carbons (Fsp3) is 0.846. The molecule has 0 radical (unpaired) electrons. The van der Waals surface area contributed by atoms with Gasteiger partial charge in [0.2, 0.25) is 0 Å². The molecule has 1 spiro atoms. The molecule has 0 bridgehead atoms. The zero-order valence-electron chi connectivity index (χ0n) is 10.9. The second kappa shape index (κ2) is 5.26. The molecule has 1 saturated heterocycles. The topological polar surface area (TPSA) is 69.6 Å². The van der Waals surface area contributed by atoms with Crippen molar-refractivity contribution >= 4 is 11.9 Å². The van der Waals surface area contributed by atoms with E-state index in [9.17, 15) is 9.59 Å². The second-order valence-electron chi connectivity index (χ2n) is 5.58. The van der Waals surface area contributed by atoms with Crippen molar-refractivity contribution in [3.05, 3.63) is 0 Å². The standard InChI is InChI=1S/C13H22N2O3/c1-10-4-6-13(7-5-10)11(17)15(12(18)14-13)8-2-3-9-16/h10,16H,2-9H2,1H3,(H,14,18). The molecular formula is C13H22N2O3. The Balaban J connectivity index is 1.99. The lowest BCUT2D eigenvalue weighted by Crippen LogP contribution is -2.49. The maximum absolute atomic E-state index is 12.4. The van der Waals surface area contributed by atoms with Gasteiger partial charge in [-0.25, -0.2) is 4.79 Å². The van der Waals surface area contributed by atoms with Crippen LogP contribution in [0.4, 0.5) is 4.79 Å². The molecule has 5 heteroatoms. The Hall–Kier alpha value is -1.10. The molecule has 1 aliphatic heterocycles. The van der Waals surface area contributed by atoms with Gasteiger partial charge in [-0.1, -0.05) is 6.92 Å². The number of imide groups is 1. The summed E-state index contributed by atoms with van der Waals surface area (Å²) in [7, 11) is 0. The summed E-state index contributed by atoms with van der Waals surface area (Å²) in [4.78, 5) is 25.6. The van der Waals surface area contributed by atoms with Crippen molar-refractivity contribution in [2.75, 3.05) is 13.2 Å². The molecule has 0 aromatic heterocycles. The summed E-state index contributed by atoms with van der Waals surface area (Å²) < 4.78 is 0. The third-order valence-electron chi connectivity index (χ3n) is 4.16. The number of carbonyl (C=O) groups excluding carboxylic acids is 2. The van der Waals surface area contributed by atoms with Crippen molar-refractivity contribution < 1.29 is 14.7 Å². The highest BCUT2D eigenvalue weighted by Gasteiger charge is 2.51.